The van der Waals surface area contributed by atoms with Gasteiger partial charge in [-0.2, -0.15) is 5.10 Å². The zero-order valence-corrected chi connectivity index (χ0v) is 19.3. The minimum Gasteiger partial charge on any atom is -0.357 e. The molecule has 1 aliphatic carbocycles. The van der Waals surface area contributed by atoms with Gasteiger partial charge in [-0.3, -0.25) is 4.68 Å². The molecule has 8 nitrogen and oxygen atoms in total. The second-order valence-electron chi connectivity index (χ2n) is 7.74. The summed E-state index contributed by atoms with van der Waals surface area (Å²) in [7, 11) is 0. The lowest BCUT2D eigenvalue weighted by atomic mass is 9.94. The zero-order chi connectivity index (χ0) is 18.8. The molecule has 0 radical (unpaired) electrons. The van der Waals surface area contributed by atoms with Gasteiger partial charge < -0.3 is 15.2 Å². The quantitative estimate of drug-likeness (QED) is 0.375. The summed E-state index contributed by atoms with van der Waals surface area (Å²) in [6.07, 6.45) is 7.51. The topological polar surface area (TPSA) is 85.0 Å². The maximum Gasteiger partial charge on any atom is 0.191 e. The summed E-state index contributed by atoms with van der Waals surface area (Å²) in [5, 5.41) is 20.3. The van der Waals surface area contributed by atoms with Crippen molar-refractivity contribution in [2.24, 2.45) is 4.99 Å². The van der Waals surface area contributed by atoms with Gasteiger partial charge in [0.2, 0.25) is 0 Å². The van der Waals surface area contributed by atoms with Crippen molar-refractivity contribution in [2.75, 3.05) is 6.54 Å². The highest BCUT2D eigenvalue weighted by molar-refractivity contribution is 14.0. The van der Waals surface area contributed by atoms with E-state index < -0.39 is 0 Å². The van der Waals surface area contributed by atoms with Gasteiger partial charge in [-0.1, -0.05) is 0 Å². The number of hydrogen-bond donors (Lipinski definition) is 2. The number of fused-ring (bicyclic) bond motifs is 2. The number of guanidine groups is 1. The summed E-state index contributed by atoms with van der Waals surface area (Å²) in [5.41, 5.74) is 2.61. The minimum absolute atomic E-state index is 0. The number of aryl methyl sites for hydroxylation is 2. The van der Waals surface area contributed by atoms with Crippen LogP contribution in [0.3, 0.4) is 0 Å². The van der Waals surface area contributed by atoms with Crippen LogP contribution in [0.25, 0.3) is 0 Å². The number of aromatic nitrogens is 5. The third kappa shape index (κ3) is 4.49. The summed E-state index contributed by atoms with van der Waals surface area (Å²) in [5.74, 6) is 2.91. The van der Waals surface area contributed by atoms with E-state index in [0.29, 0.717) is 18.6 Å². The highest BCUT2D eigenvalue weighted by Gasteiger charge is 2.23. The van der Waals surface area contributed by atoms with Crippen LogP contribution >= 0.6 is 24.0 Å². The molecule has 2 aromatic rings. The Hall–Kier alpha value is -1.65. The highest BCUT2D eigenvalue weighted by Crippen LogP contribution is 2.22. The van der Waals surface area contributed by atoms with Gasteiger partial charge >= 0.3 is 0 Å². The van der Waals surface area contributed by atoms with Crippen molar-refractivity contribution in [3.63, 3.8) is 0 Å². The number of rotatable bonds is 5. The standard InChI is InChI=1S/C19H30N8.HI/c1-4-20-19(21-11-18-24-23-17-6-5-9-26(17)18)22-15-8-7-14-12-27(13(2)3)25-16(14)10-15;/h12-13,15H,4-11H2,1-3H3,(H2,20,21,22);1H. The third-order valence-corrected chi connectivity index (χ3v) is 5.38. The smallest absolute Gasteiger partial charge is 0.191 e. The molecule has 0 saturated heterocycles. The second kappa shape index (κ2) is 9.23. The molecule has 2 aromatic heterocycles. The molecular formula is C19H31IN8. The van der Waals surface area contributed by atoms with Crippen molar-refractivity contribution in [3.8, 4) is 0 Å². The average molecular weight is 498 g/mol. The van der Waals surface area contributed by atoms with Crippen molar-refractivity contribution >= 4 is 29.9 Å². The Morgan fingerprint density at radius 1 is 1.32 bits per heavy atom. The third-order valence-electron chi connectivity index (χ3n) is 5.38. The van der Waals surface area contributed by atoms with Gasteiger partial charge in [0.05, 0.1) is 5.69 Å². The maximum absolute atomic E-state index is 4.77. The van der Waals surface area contributed by atoms with Crippen LogP contribution in [-0.4, -0.2) is 43.1 Å². The van der Waals surface area contributed by atoms with E-state index in [9.17, 15) is 0 Å². The van der Waals surface area contributed by atoms with Gasteiger partial charge in [0.1, 0.15) is 12.4 Å². The molecule has 4 rings (SSSR count). The lowest BCUT2D eigenvalue weighted by molar-refractivity contribution is 0.499. The molecular weight excluding hydrogens is 467 g/mol. The van der Waals surface area contributed by atoms with Crippen LogP contribution < -0.4 is 10.6 Å². The van der Waals surface area contributed by atoms with E-state index in [0.717, 1.165) is 62.8 Å². The highest BCUT2D eigenvalue weighted by atomic mass is 127. The predicted molar refractivity (Wildman–Crippen MR) is 120 cm³/mol. The average Bonchev–Trinajstić information content (AvgIpc) is 3.35. The number of nitrogens with one attached hydrogen (secondary N) is 2. The molecule has 0 aromatic carbocycles. The first-order chi connectivity index (χ1) is 13.1. The van der Waals surface area contributed by atoms with Crippen molar-refractivity contribution < 1.29 is 0 Å². The Labute approximate surface area is 183 Å². The summed E-state index contributed by atoms with van der Waals surface area (Å²) in [6, 6.07) is 0.765. The Morgan fingerprint density at radius 3 is 2.96 bits per heavy atom. The summed E-state index contributed by atoms with van der Waals surface area (Å²) < 4.78 is 4.29. The predicted octanol–water partition coefficient (Wildman–Crippen LogP) is 2.23. The van der Waals surface area contributed by atoms with Crippen LogP contribution in [0.4, 0.5) is 0 Å². The van der Waals surface area contributed by atoms with E-state index in [2.05, 4.69) is 57.0 Å². The van der Waals surface area contributed by atoms with E-state index in [1.807, 2.05) is 0 Å². The first-order valence-corrected chi connectivity index (χ1v) is 10.2. The first kappa shape index (κ1) is 21.1. The monoisotopic (exact) mass is 498 g/mol. The number of nitrogens with zero attached hydrogens (tertiary/aromatic N) is 6. The molecule has 0 saturated carbocycles. The number of halogens is 1. The normalized spacial score (nSPS) is 18.6. The van der Waals surface area contributed by atoms with Crippen LogP contribution in [0, 0.1) is 0 Å². The van der Waals surface area contributed by atoms with Gasteiger partial charge in [0, 0.05) is 44.2 Å². The molecule has 1 atom stereocenters. The molecule has 0 spiro atoms. The van der Waals surface area contributed by atoms with E-state index in [1.54, 1.807) is 0 Å². The zero-order valence-electron chi connectivity index (χ0n) is 17.0. The van der Waals surface area contributed by atoms with Crippen molar-refractivity contribution in [1.82, 2.24) is 35.2 Å². The number of aliphatic imine (C=N–C) groups is 1. The first-order valence-electron chi connectivity index (χ1n) is 10.2. The van der Waals surface area contributed by atoms with E-state index in [4.69, 9.17) is 10.1 Å². The molecule has 1 unspecified atom stereocenters. The molecule has 0 fully saturated rings. The fraction of sp³-hybridized carbons (Fsp3) is 0.684. The molecule has 1 aliphatic heterocycles. The van der Waals surface area contributed by atoms with Crippen molar-refractivity contribution in [3.05, 3.63) is 29.1 Å². The molecule has 154 valence electrons. The van der Waals surface area contributed by atoms with Crippen LogP contribution in [0.5, 0.6) is 0 Å². The van der Waals surface area contributed by atoms with E-state index in [-0.39, 0.29) is 24.0 Å². The molecule has 0 amide bonds. The lowest BCUT2D eigenvalue weighted by Crippen LogP contribution is -2.45. The largest absolute Gasteiger partial charge is 0.357 e. The number of hydrogen-bond acceptors (Lipinski definition) is 4. The Morgan fingerprint density at radius 2 is 2.18 bits per heavy atom. The molecule has 0 bridgehead atoms. The molecule has 28 heavy (non-hydrogen) atoms. The van der Waals surface area contributed by atoms with Crippen LogP contribution in [0.2, 0.25) is 0 Å². The Balaban J connectivity index is 0.00000225. The van der Waals surface area contributed by atoms with Gasteiger partial charge in [-0.25, -0.2) is 4.99 Å². The van der Waals surface area contributed by atoms with E-state index >= 15 is 0 Å². The molecule has 9 heteroatoms. The lowest BCUT2D eigenvalue weighted by Gasteiger charge is -2.24. The van der Waals surface area contributed by atoms with Crippen LogP contribution in [0.15, 0.2) is 11.2 Å². The Kier molecular flexibility index (Phi) is 6.95. The second-order valence-corrected chi connectivity index (χ2v) is 7.74. The van der Waals surface area contributed by atoms with Crippen molar-refractivity contribution in [2.45, 2.75) is 78.0 Å². The SMILES string of the molecule is CCNC(=NCc1nnc2n1CCC2)NC1CCc2cn(C(C)C)nc2C1.I. The fourth-order valence-corrected chi connectivity index (χ4v) is 3.89. The minimum atomic E-state index is 0. The summed E-state index contributed by atoms with van der Waals surface area (Å²) in [6.45, 7) is 8.85. The van der Waals surface area contributed by atoms with Crippen LogP contribution in [0.1, 0.15) is 62.6 Å². The van der Waals surface area contributed by atoms with Crippen molar-refractivity contribution in [1.29, 1.82) is 0 Å². The molecule has 2 aliphatic rings. The fourth-order valence-electron chi connectivity index (χ4n) is 3.89. The maximum atomic E-state index is 4.77. The van der Waals surface area contributed by atoms with Gasteiger partial charge in [0.25, 0.3) is 0 Å². The van der Waals surface area contributed by atoms with Gasteiger partial charge in [-0.05, 0) is 45.6 Å². The Bertz CT molecular complexity index is 822. The van der Waals surface area contributed by atoms with Gasteiger partial charge in [0.15, 0.2) is 11.8 Å². The van der Waals surface area contributed by atoms with Gasteiger partial charge in [-0.15, -0.1) is 34.2 Å². The summed E-state index contributed by atoms with van der Waals surface area (Å²) in [4.78, 5) is 4.76. The van der Waals surface area contributed by atoms with Crippen LogP contribution in [-0.2, 0) is 32.4 Å². The molecule has 2 N–H and O–H groups in total. The summed E-state index contributed by atoms with van der Waals surface area (Å²) >= 11 is 0. The van der Waals surface area contributed by atoms with E-state index in [1.165, 1.54) is 11.3 Å². The molecule has 3 heterocycles.